The molecule has 6 nitrogen and oxygen atoms in total. The smallest absolute Gasteiger partial charge is 0.407 e. The van der Waals surface area contributed by atoms with Gasteiger partial charge in [-0.3, -0.25) is 4.79 Å². The van der Waals surface area contributed by atoms with Crippen LogP contribution in [0, 0.1) is 11.8 Å². The molecule has 1 aliphatic carbocycles. The number of aliphatic hydroxyl groups is 1. The number of carbonyl (C=O) groups excluding carboxylic acids is 2. The first-order valence-corrected chi connectivity index (χ1v) is 11.1. The van der Waals surface area contributed by atoms with E-state index in [0.717, 1.165) is 32.1 Å². The first-order chi connectivity index (χ1) is 13.1. The monoisotopic (exact) mass is 398 g/mol. The Morgan fingerprint density at radius 3 is 2.39 bits per heavy atom. The highest BCUT2D eigenvalue weighted by molar-refractivity contribution is 5.78. The molecule has 1 rings (SSSR count). The van der Waals surface area contributed by atoms with Crippen LogP contribution in [0.5, 0.6) is 0 Å². The third-order valence-corrected chi connectivity index (χ3v) is 5.35. The van der Waals surface area contributed by atoms with Crippen molar-refractivity contribution >= 4 is 12.0 Å². The Bertz CT molecular complexity index is 470. The third kappa shape index (κ3) is 10.3. The zero-order valence-electron chi connectivity index (χ0n) is 18.6. The van der Waals surface area contributed by atoms with Crippen molar-refractivity contribution in [1.29, 1.82) is 0 Å². The van der Waals surface area contributed by atoms with Crippen molar-refractivity contribution < 1.29 is 19.4 Å². The standard InChI is InChI=1S/C22H42N2O4/c1-6-7-13-23-20(26)16(2)14-19(25)18(15-17-11-9-8-10-12-17)24-21(27)28-22(3,4)5/h16-19,25H,6-15H2,1-5H3,(H,23,26)(H,24,27). The molecule has 0 aromatic rings. The Hall–Kier alpha value is -1.30. The number of ether oxygens (including phenoxy) is 1. The Balaban J connectivity index is 2.66. The fraction of sp³-hybridized carbons (Fsp3) is 0.909. The molecular weight excluding hydrogens is 356 g/mol. The van der Waals surface area contributed by atoms with Crippen LogP contribution in [-0.4, -0.2) is 41.4 Å². The predicted molar refractivity (Wildman–Crippen MR) is 112 cm³/mol. The second-order valence-electron chi connectivity index (χ2n) is 9.34. The molecule has 0 aromatic carbocycles. The molecule has 1 aliphatic rings. The summed E-state index contributed by atoms with van der Waals surface area (Å²) in [5, 5.41) is 16.6. The van der Waals surface area contributed by atoms with Crippen molar-refractivity contribution in [3.63, 3.8) is 0 Å². The summed E-state index contributed by atoms with van der Waals surface area (Å²) >= 11 is 0. The number of amides is 2. The molecule has 0 heterocycles. The summed E-state index contributed by atoms with van der Waals surface area (Å²) < 4.78 is 5.38. The summed E-state index contributed by atoms with van der Waals surface area (Å²) in [6.07, 6.45) is 7.68. The van der Waals surface area contributed by atoms with Crippen molar-refractivity contribution in [3.8, 4) is 0 Å². The minimum absolute atomic E-state index is 0.0406. The van der Waals surface area contributed by atoms with Gasteiger partial charge in [0.15, 0.2) is 0 Å². The van der Waals surface area contributed by atoms with Crippen LogP contribution < -0.4 is 10.6 Å². The molecule has 0 saturated heterocycles. The summed E-state index contributed by atoms with van der Waals surface area (Å²) in [6, 6.07) is -0.399. The minimum atomic E-state index is -0.777. The second-order valence-corrected chi connectivity index (χ2v) is 9.34. The van der Waals surface area contributed by atoms with Gasteiger partial charge in [0.05, 0.1) is 12.1 Å². The van der Waals surface area contributed by atoms with Crippen molar-refractivity contribution in [3.05, 3.63) is 0 Å². The molecule has 2 amide bonds. The van der Waals surface area contributed by atoms with Gasteiger partial charge in [-0.25, -0.2) is 4.79 Å². The highest BCUT2D eigenvalue weighted by Gasteiger charge is 2.30. The summed E-state index contributed by atoms with van der Waals surface area (Å²) in [4.78, 5) is 24.5. The molecule has 28 heavy (non-hydrogen) atoms. The average molecular weight is 399 g/mol. The third-order valence-electron chi connectivity index (χ3n) is 5.35. The summed E-state index contributed by atoms with van der Waals surface area (Å²) in [7, 11) is 0. The van der Waals surface area contributed by atoms with E-state index in [1.165, 1.54) is 19.3 Å². The number of alkyl carbamates (subject to hydrolysis) is 1. The number of aliphatic hydroxyl groups excluding tert-OH is 1. The number of hydrogen-bond acceptors (Lipinski definition) is 4. The lowest BCUT2D eigenvalue weighted by Crippen LogP contribution is -2.47. The molecule has 0 aliphatic heterocycles. The SMILES string of the molecule is CCCCNC(=O)C(C)CC(O)C(CC1CCCCC1)NC(=O)OC(C)(C)C. The zero-order valence-corrected chi connectivity index (χ0v) is 18.6. The van der Waals surface area contributed by atoms with E-state index in [-0.39, 0.29) is 11.8 Å². The Labute approximate surface area is 171 Å². The molecule has 3 N–H and O–H groups in total. The van der Waals surface area contributed by atoms with Crippen molar-refractivity contribution in [2.75, 3.05) is 6.54 Å². The molecule has 0 radical (unpaired) electrons. The van der Waals surface area contributed by atoms with E-state index < -0.39 is 23.8 Å². The first-order valence-electron chi connectivity index (χ1n) is 11.1. The highest BCUT2D eigenvalue weighted by Crippen LogP contribution is 2.29. The van der Waals surface area contributed by atoms with Crippen molar-refractivity contribution in [2.45, 2.75) is 110 Å². The van der Waals surface area contributed by atoms with Gasteiger partial charge >= 0.3 is 6.09 Å². The van der Waals surface area contributed by atoms with Gasteiger partial charge in [0.25, 0.3) is 0 Å². The Morgan fingerprint density at radius 2 is 1.82 bits per heavy atom. The van der Waals surface area contributed by atoms with Crippen LogP contribution >= 0.6 is 0 Å². The molecule has 164 valence electrons. The average Bonchev–Trinajstić information content (AvgIpc) is 2.60. The molecule has 6 heteroatoms. The lowest BCUT2D eigenvalue weighted by molar-refractivity contribution is -0.125. The largest absolute Gasteiger partial charge is 0.444 e. The maximum atomic E-state index is 12.3. The van der Waals surface area contributed by atoms with E-state index >= 15 is 0 Å². The normalized spacial score (nSPS) is 18.8. The maximum absolute atomic E-state index is 12.3. The molecular formula is C22H42N2O4. The van der Waals surface area contributed by atoms with Crippen LogP contribution in [0.25, 0.3) is 0 Å². The molecule has 0 aromatic heterocycles. The van der Waals surface area contributed by atoms with E-state index in [2.05, 4.69) is 17.6 Å². The van der Waals surface area contributed by atoms with Crippen LogP contribution in [-0.2, 0) is 9.53 Å². The maximum Gasteiger partial charge on any atom is 0.407 e. The van der Waals surface area contributed by atoms with Gasteiger partial charge < -0.3 is 20.5 Å². The number of rotatable bonds is 10. The van der Waals surface area contributed by atoms with E-state index in [9.17, 15) is 14.7 Å². The number of nitrogens with one attached hydrogen (secondary N) is 2. The molecule has 1 fully saturated rings. The van der Waals surface area contributed by atoms with E-state index in [0.29, 0.717) is 18.9 Å². The Morgan fingerprint density at radius 1 is 1.18 bits per heavy atom. The number of hydrogen-bond donors (Lipinski definition) is 3. The molecule has 3 unspecified atom stereocenters. The van der Waals surface area contributed by atoms with Crippen molar-refractivity contribution in [1.82, 2.24) is 10.6 Å². The second kappa shape index (κ2) is 12.3. The molecule has 0 bridgehead atoms. The fourth-order valence-electron chi connectivity index (χ4n) is 3.75. The summed E-state index contributed by atoms with van der Waals surface area (Å²) in [5.41, 5.74) is -0.586. The predicted octanol–water partition coefficient (Wildman–Crippen LogP) is 4.15. The van der Waals surface area contributed by atoms with Gasteiger partial charge in [0.1, 0.15) is 5.60 Å². The van der Waals surface area contributed by atoms with Gasteiger partial charge in [0.2, 0.25) is 5.91 Å². The van der Waals surface area contributed by atoms with E-state index in [1.54, 1.807) is 0 Å². The zero-order chi connectivity index (χ0) is 21.2. The van der Waals surface area contributed by atoms with Crippen molar-refractivity contribution in [2.24, 2.45) is 11.8 Å². The van der Waals surface area contributed by atoms with Gasteiger partial charge in [-0.15, -0.1) is 0 Å². The van der Waals surface area contributed by atoms with Gasteiger partial charge in [-0.2, -0.15) is 0 Å². The first kappa shape index (κ1) is 24.7. The van der Waals surface area contributed by atoms with Crippen LogP contribution in [0.2, 0.25) is 0 Å². The summed E-state index contributed by atoms with van der Waals surface area (Å²) in [5.74, 6) is 0.152. The quantitative estimate of drug-likeness (QED) is 0.482. The summed E-state index contributed by atoms with van der Waals surface area (Å²) in [6.45, 7) is 10.0. The van der Waals surface area contributed by atoms with Crippen LogP contribution in [0.3, 0.4) is 0 Å². The van der Waals surface area contributed by atoms with Gasteiger partial charge in [-0.1, -0.05) is 52.4 Å². The number of carbonyl (C=O) groups is 2. The highest BCUT2D eigenvalue weighted by atomic mass is 16.6. The molecule has 3 atom stereocenters. The lowest BCUT2D eigenvalue weighted by Gasteiger charge is -2.31. The van der Waals surface area contributed by atoms with E-state index in [1.807, 2.05) is 27.7 Å². The topological polar surface area (TPSA) is 87.7 Å². The van der Waals surface area contributed by atoms with E-state index in [4.69, 9.17) is 4.74 Å². The van der Waals surface area contributed by atoms with Gasteiger partial charge in [0, 0.05) is 12.5 Å². The van der Waals surface area contributed by atoms with Crippen LogP contribution in [0.4, 0.5) is 4.79 Å². The lowest BCUT2D eigenvalue weighted by atomic mass is 9.82. The number of unbranched alkanes of at least 4 members (excludes halogenated alkanes) is 1. The van der Waals surface area contributed by atoms with Gasteiger partial charge in [-0.05, 0) is 46.0 Å². The fourth-order valence-corrected chi connectivity index (χ4v) is 3.75. The molecule has 1 saturated carbocycles. The van der Waals surface area contributed by atoms with Crippen LogP contribution in [0.1, 0.15) is 92.4 Å². The minimum Gasteiger partial charge on any atom is -0.444 e. The van der Waals surface area contributed by atoms with Crippen LogP contribution in [0.15, 0.2) is 0 Å². The Kier molecular flexibility index (Phi) is 10.9. The molecule has 0 spiro atoms.